The van der Waals surface area contributed by atoms with E-state index in [-0.39, 0.29) is 62.9 Å². The van der Waals surface area contributed by atoms with Crippen molar-refractivity contribution in [1.82, 2.24) is 60.5 Å². The standard InChI is InChI=1S/C76H130N12O14S/c1-25-27-32-51(13)63(89)62-67(93)79-55(26-2)69(95)87(24)75(103-40-31-35-88-36-38-101-39-37-88)74(100)84(21)59(44-76(16,17)102-45-54-33-29-28-30-34-54)66(92)80-60(49(9)10)72(98)81(18)56(41-46(3)4)65(91)77-52(14)64(90)78-53(15)68(94)82(19)57(42-47(5)6)70(96)83(20)58(43-48(7)8)71(97)85(22)61(50(11)12)73(99)86(62)23/h25,27-30,33-34,46-53,55-63,75,89H,26,31-32,35-45H2,1-24H3,(H,77,91)(H,78,90)(H,79,93)(H,80,92)/t51-,52+,53-,55+,56+,57+,58+,59+,60+,61+,62+,63-,75-/m1/s1. The first-order valence-electron chi connectivity index (χ1n) is 37.0. The van der Waals surface area contributed by atoms with Gasteiger partial charge in [-0.25, -0.2) is 0 Å². The normalized spacial score (nSPS) is 26.2. The van der Waals surface area contributed by atoms with Gasteiger partial charge in [0.15, 0.2) is 5.37 Å². The number of morpholine rings is 1. The maximum Gasteiger partial charge on any atom is 0.256 e. The molecular weight excluding hydrogens is 1340 g/mol. The number of aliphatic hydroxyl groups excluding tert-OH is 1. The highest BCUT2D eigenvalue weighted by molar-refractivity contribution is 8.00. The van der Waals surface area contributed by atoms with Crippen molar-refractivity contribution in [2.24, 2.45) is 35.5 Å². The Hall–Kier alpha value is -6.68. The molecule has 0 spiro atoms. The molecule has 5 N–H and O–H groups in total. The number of allylic oxidation sites excluding steroid dienone is 2. The van der Waals surface area contributed by atoms with Crippen molar-refractivity contribution in [3.63, 3.8) is 0 Å². The number of carbonyl (C=O) groups excluding carboxylic acids is 11. The molecule has 0 aliphatic carbocycles. The van der Waals surface area contributed by atoms with Crippen LogP contribution in [0, 0.1) is 35.5 Å². The van der Waals surface area contributed by atoms with Crippen LogP contribution in [0.3, 0.4) is 0 Å². The molecule has 0 saturated carbocycles. The van der Waals surface area contributed by atoms with E-state index < -0.39 is 160 Å². The lowest BCUT2D eigenvalue weighted by molar-refractivity contribution is -0.157. The summed E-state index contributed by atoms with van der Waals surface area (Å²) in [6, 6.07) is -3.63. The topological polar surface area (TPSA) is 300 Å². The summed E-state index contributed by atoms with van der Waals surface area (Å²) in [5.74, 6) is -9.73. The second kappa shape index (κ2) is 42.5. The first-order chi connectivity index (χ1) is 48.1. The molecule has 0 unspecified atom stereocenters. The first kappa shape index (κ1) is 90.5. The van der Waals surface area contributed by atoms with Crippen LogP contribution in [0.25, 0.3) is 0 Å². The van der Waals surface area contributed by atoms with Gasteiger partial charge in [0, 0.05) is 68.8 Å². The highest BCUT2D eigenvalue weighted by Gasteiger charge is 2.47. The minimum atomic E-state index is -1.66. The highest BCUT2D eigenvalue weighted by atomic mass is 32.2. The lowest BCUT2D eigenvalue weighted by atomic mass is 9.91. The van der Waals surface area contributed by atoms with E-state index in [1.165, 1.54) is 104 Å². The first-order valence-corrected chi connectivity index (χ1v) is 38.1. The molecule has 103 heavy (non-hydrogen) atoms. The predicted octanol–water partition coefficient (Wildman–Crippen LogP) is 5.39. The fourth-order valence-electron chi connectivity index (χ4n) is 13.1. The van der Waals surface area contributed by atoms with Crippen molar-refractivity contribution in [3.8, 4) is 0 Å². The van der Waals surface area contributed by atoms with Gasteiger partial charge in [0.05, 0.1) is 31.5 Å². The van der Waals surface area contributed by atoms with Gasteiger partial charge in [-0.2, -0.15) is 0 Å². The molecule has 26 nitrogen and oxygen atoms in total. The molecule has 0 radical (unpaired) electrons. The molecule has 27 heteroatoms. The van der Waals surface area contributed by atoms with Crippen LogP contribution >= 0.6 is 11.8 Å². The Morgan fingerprint density at radius 1 is 0.563 bits per heavy atom. The molecule has 2 fully saturated rings. The Balaban J connectivity index is 2.45. The van der Waals surface area contributed by atoms with Crippen molar-refractivity contribution in [2.45, 2.75) is 247 Å². The number of carbonyl (C=O) groups is 11. The molecule has 0 bridgehead atoms. The SMILES string of the molecule is CC=CC[C@@H](C)[C@@H](O)[C@H]1C(=O)N[C@@H](CC)C(=O)N(C)[C@H](SCCCN2CCOCC2)C(=O)N(C)[C@@H](CC(C)(C)OCc2ccccc2)C(=O)N[C@@H](C(C)C)C(=O)N(C)[C@@H](CC(C)C)C(=O)N[C@@H](C)C(=O)N[C@H](C)C(=O)N(C)[C@@H](CC(C)C)C(=O)N(C)[C@@H](CC(C)C)C(=O)N(C)[C@@H](C(C)C)C(=O)N1C. The molecule has 3 rings (SSSR count). The summed E-state index contributed by atoms with van der Waals surface area (Å²) >= 11 is 1.17. The molecule has 2 heterocycles. The number of amides is 11. The number of nitrogens with one attached hydrogen (secondary N) is 4. The van der Waals surface area contributed by atoms with Crippen LogP contribution in [0.1, 0.15) is 168 Å². The number of aliphatic hydroxyl groups is 1. The zero-order valence-corrected chi connectivity index (χ0v) is 67.4. The van der Waals surface area contributed by atoms with Crippen LogP contribution in [-0.4, -0.2) is 275 Å². The second-order valence-electron chi connectivity index (χ2n) is 30.9. The van der Waals surface area contributed by atoms with Gasteiger partial charge < -0.3 is 70.1 Å². The zero-order chi connectivity index (χ0) is 78.2. The number of benzene rings is 1. The maximum atomic E-state index is 15.8. The molecule has 11 amide bonds. The zero-order valence-electron chi connectivity index (χ0n) is 66.6. The van der Waals surface area contributed by atoms with Crippen LogP contribution < -0.4 is 21.3 Å². The number of likely N-dealkylation sites (N-methyl/N-ethyl adjacent to an activating group) is 7. The summed E-state index contributed by atoms with van der Waals surface area (Å²) in [6.45, 7) is 33.2. The van der Waals surface area contributed by atoms with E-state index >= 15 is 38.4 Å². The monoisotopic (exact) mass is 1470 g/mol. The molecule has 1 aromatic rings. The van der Waals surface area contributed by atoms with Crippen LogP contribution in [-0.2, 0) is 68.8 Å². The van der Waals surface area contributed by atoms with E-state index in [0.29, 0.717) is 45.0 Å². The number of hydrogen-bond acceptors (Lipinski definition) is 16. The Morgan fingerprint density at radius 3 is 1.58 bits per heavy atom. The van der Waals surface area contributed by atoms with Gasteiger partial charge in [0.25, 0.3) is 5.91 Å². The van der Waals surface area contributed by atoms with Crippen LogP contribution in [0.4, 0.5) is 0 Å². The molecular formula is C76H130N12O14S. The fourth-order valence-corrected chi connectivity index (χ4v) is 14.2. The molecule has 2 aliphatic rings. The smallest absolute Gasteiger partial charge is 0.256 e. The van der Waals surface area contributed by atoms with E-state index in [0.717, 1.165) is 10.5 Å². The Kier molecular flexibility index (Phi) is 37.3. The summed E-state index contributed by atoms with van der Waals surface area (Å²) in [6.07, 6.45) is 3.18. The number of rotatable bonds is 23. The van der Waals surface area contributed by atoms with Gasteiger partial charge in [-0.3, -0.25) is 57.6 Å². The van der Waals surface area contributed by atoms with Crippen LogP contribution in [0.5, 0.6) is 0 Å². The molecule has 584 valence electrons. The van der Waals surface area contributed by atoms with Gasteiger partial charge >= 0.3 is 0 Å². The second-order valence-corrected chi connectivity index (χ2v) is 32.1. The molecule has 1 aromatic carbocycles. The van der Waals surface area contributed by atoms with Crippen molar-refractivity contribution >= 4 is 76.7 Å². The lowest BCUT2D eigenvalue weighted by Crippen LogP contribution is -2.64. The summed E-state index contributed by atoms with van der Waals surface area (Å²) < 4.78 is 12.1. The minimum Gasteiger partial charge on any atom is -0.390 e. The van der Waals surface area contributed by atoms with Crippen molar-refractivity contribution in [2.75, 3.05) is 87.9 Å². The quantitative estimate of drug-likeness (QED) is 0.0678. The maximum absolute atomic E-state index is 15.8. The van der Waals surface area contributed by atoms with E-state index in [1.807, 2.05) is 84.9 Å². The van der Waals surface area contributed by atoms with Crippen molar-refractivity contribution in [1.29, 1.82) is 0 Å². The minimum absolute atomic E-state index is 0.0247. The van der Waals surface area contributed by atoms with Gasteiger partial charge in [0.2, 0.25) is 59.1 Å². The highest BCUT2D eigenvalue weighted by Crippen LogP contribution is 2.29. The number of hydrogen-bond donors (Lipinski definition) is 5. The average molecular weight is 1470 g/mol. The van der Waals surface area contributed by atoms with Gasteiger partial charge in [-0.05, 0) is 127 Å². The largest absolute Gasteiger partial charge is 0.390 e. The van der Waals surface area contributed by atoms with E-state index in [2.05, 4.69) is 26.2 Å². The lowest BCUT2D eigenvalue weighted by Gasteiger charge is -2.41. The van der Waals surface area contributed by atoms with E-state index in [1.54, 1.807) is 61.5 Å². The third-order valence-electron chi connectivity index (χ3n) is 19.7. The van der Waals surface area contributed by atoms with Crippen molar-refractivity contribution in [3.05, 3.63) is 48.0 Å². The molecule has 13 atom stereocenters. The molecule has 2 aliphatic heterocycles. The van der Waals surface area contributed by atoms with E-state index in [9.17, 15) is 19.5 Å². The third kappa shape index (κ3) is 26.4. The average Bonchev–Trinajstić information content (AvgIpc) is 0.806. The van der Waals surface area contributed by atoms with Crippen molar-refractivity contribution < 1.29 is 67.3 Å². The summed E-state index contributed by atoms with van der Waals surface area (Å²) in [4.78, 5) is 178. The predicted molar refractivity (Wildman–Crippen MR) is 402 cm³/mol. The molecule has 2 saturated heterocycles. The number of nitrogens with zero attached hydrogens (tertiary/aromatic N) is 8. The summed E-state index contributed by atoms with van der Waals surface area (Å²) in [5.41, 5.74) is -0.292. The molecule has 0 aromatic heterocycles. The van der Waals surface area contributed by atoms with Gasteiger partial charge in [-0.1, -0.05) is 126 Å². The Labute approximate surface area is 619 Å². The van der Waals surface area contributed by atoms with Crippen LogP contribution in [0.2, 0.25) is 0 Å². The van der Waals surface area contributed by atoms with Crippen LogP contribution in [0.15, 0.2) is 42.5 Å². The summed E-state index contributed by atoms with van der Waals surface area (Å²) in [5, 5.41) is 22.4. The number of ether oxygens (including phenoxy) is 2. The Bertz CT molecular complexity index is 2980. The van der Waals surface area contributed by atoms with Gasteiger partial charge in [0.1, 0.15) is 60.4 Å². The van der Waals surface area contributed by atoms with E-state index in [4.69, 9.17) is 9.47 Å². The summed E-state index contributed by atoms with van der Waals surface area (Å²) in [7, 11) is 10.1. The Morgan fingerprint density at radius 2 is 1.06 bits per heavy atom. The fraction of sp³-hybridized carbons (Fsp3) is 0.750. The third-order valence-corrected chi connectivity index (χ3v) is 21.0. The number of thioether (sulfide) groups is 1. The van der Waals surface area contributed by atoms with Gasteiger partial charge in [-0.15, -0.1) is 11.8 Å².